The molecule has 14 heavy (non-hydrogen) atoms. The zero-order valence-corrected chi connectivity index (χ0v) is 8.28. The van der Waals surface area contributed by atoms with Gasteiger partial charge in [-0.1, -0.05) is 24.8 Å². The lowest BCUT2D eigenvalue weighted by atomic mass is 10.2. The number of carbonyl (C=O) groups excluding carboxylic acids is 2. The second-order valence-corrected chi connectivity index (χ2v) is 2.72. The molecule has 4 nitrogen and oxygen atoms in total. The molecule has 1 rings (SSSR count). The third kappa shape index (κ3) is 2.50. The minimum atomic E-state index is -0.777. The number of carbonyl (C=O) groups is 2. The minimum absolute atomic E-state index is 0.138. The molecule has 1 aromatic carbocycles. The van der Waals surface area contributed by atoms with Crippen LogP contribution in [0.25, 0.3) is 0 Å². The largest absolute Gasteiger partial charge is 0.465 e. The molecule has 0 aromatic heterocycles. The lowest BCUT2D eigenvalue weighted by molar-refractivity contribution is 0.0598. The third-order valence-electron chi connectivity index (χ3n) is 1.49. The van der Waals surface area contributed by atoms with E-state index in [-0.39, 0.29) is 11.3 Å². The molecule has 0 N–H and O–H groups in total. The molecular weight excluding hydrogens is 204 g/mol. The van der Waals surface area contributed by atoms with Gasteiger partial charge >= 0.3 is 11.3 Å². The van der Waals surface area contributed by atoms with Gasteiger partial charge in [-0.3, -0.25) is 0 Å². The fraction of sp³-hybridized carbons (Fsp3) is 0.111. The number of ether oxygens (including phenoxy) is 2. The minimum Gasteiger partial charge on any atom is -0.465 e. The van der Waals surface area contributed by atoms with E-state index >= 15 is 0 Å². The van der Waals surface area contributed by atoms with E-state index in [4.69, 9.17) is 4.74 Å². The number of hydrogen-bond donors (Lipinski definition) is 1. The van der Waals surface area contributed by atoms with Gasteiger partial charge in [0.05, 0.1) is 7.11 Å². The van der Waals surface area contributed by atoms with Crippen molar-refractivity contribution in [2.24, 2.45) is 0 Å². The highest BCUT2D eigenvalue weighted by molar-refractivity contribution is 7.96. The zero-order chi connectivity index (χ0) is 10.6. The van der Waals surface area contributed by atoms with Crippen LogP contribution in [0.5, 0.6) is 5.75 Å². The Hall–Kier alpha value is -1.49. The summed E-state index contributed by atoms with van der Waals surface area (Å²) in [7, 11) is 1.25. The highest BCUT2D eigenvalue weighted by atomic mass is 32.1. The standard InChI is InChI=1S/C9H8O4S/c1-12-8(10)6-4-2-3-5-7(6)13-9(11)14/h2-5H,1H3,(H,11,14). The molecule has 5 heteroatoms. The maximum absolute atomic E-state index is 11.2. The summed E-state index contributed by atoms with van der Waals surface area (Å²) in [5.41, 5.74) is 0.192. The lowest BCUT2D eigenvalue weighted by Gasteiger charge is -2.05. The molecule has 1 aromatic rings. The molecule has 0 heterocycles. The molecule has 0 fully saturated rings. The van der Waals surface area contributed by atoms with Gasteiger partial charge in [-0.15, -0.1) is 0 Å². The molecule has 0 aliphatic carbocycles. The monoisotopic (exact) mass is 212 g/mol. The van der Waals surface area contributed by atoms with Crippen LogP contribution in [0.2, 0.25) is 0 Å². The van der Waals surface area contributed by atoms with Crippen LogP contribution in [0.4, 0.5) is 4.79 Å². The summed E-state index contributed by atoms with van der Waals surface area (Å²) >= 11 is 3.44. The molecular formula is C9H8O4S. The fourth-order valence-electron chi connectivity index (χ4n) is 0.928. The topological polar surface area (TPSA) is 52.6 Å². The van der Waals surface area contributed by atoms with Crippen molar-refractivity contribution in [3.05, 3.63) is 29.8 Å². The number of esters is 1. The maximum atomic E-state index is 11.2. The Morgan fingerprint density at radius 1 is 1.29 bits per heavy atom. The first kappa shape index (κ1) is 10.6. The summed E-state index contributed by atoms with van der Waals surface area (Å²) in [5.74, 6) is -0.422. The van der Waals surface area contributed by atoms with Crippen molar-refractivity contribution >= 4 is 23.9 Å². The highest BCUT2D eigenvalue weighted by Crippen LogP contribution is 2.19. The van der Waals surface area contributed by atoms with Gasteiger partial charge in [0.25, 0.3) is 0 Å². The number of methoxy groups -OCH3 is 1. The van der Waals surface area contributed by atoms with Crippen molar-refractivity contribution in [3.63, 3.8) is 0 Å². The Balaban J connectivity index is 3.02. The van der Waals surface area contributed by atoms with Gasteiger partial charge in [0.15, 0.2) is 0 Å². The van der Waals surface area contributed by atoms with Gasteiger partial charge in [0, 0.05) is 0 Å². The molecule has 74 valence electrons. The second kappa shape index (κ2) is 4.66. The number of thiol groups is 1. The second-order valence-electron chi connectivity index (χ2n) is 2.36. The maximum Gasteiger partial charge on any atom is 0.369 e. The third-order valence-corrected chi connectivity index (χ3v) is 1.58. The van der Waals surface area contributed by atoms with Crippen LogP contribution in [-0.4, -0.2) is 18.4 Å². The van der Waals surface area contributed by atoms with Crippen LogP contribution in [-0.2, 0) is 4.74 Å². The normalized spacial score (nSPS) is 9.29. The van der Waals surface area contributed by atoms with Crippen LogP contribution in [0, 0.1) is 0 Å². The van der Waals surface area contributed by atoms with Gasteiger partial charge in [0.2, 0.25) is 0 Å². The van der Waals surface area contributed by atoms with E-state index in [1.54, 1.807) is 12.1 Å². The van der Waals surface area contributed by atoms with Crippen molar-refractivity contribution in [1.82, 2.24) is 0 Å². The summed E-state index contributed by atoms with van der Waals surface area (Å²) in [4.78, 5) is 21.7. The van der Waals surface area contributed by atoms with Gasteiger partial charge in [-0.25, -0.2) is 9.59 Å². The summed E-state index contributed by atoms with van der Waals surface area (Å²) in [6.45, 7) is 0. The van der Waals surface area contributed by atoms with Crippen molar-refractivity contribution in [2.75, 3.05) is 7.11 Å². The molecule has 0 saturated heterocycles. The van der Waals surface area contributed by atoms with E-state index in [0.717, 1.165) is 0 Å². The lowest BCUT2D eigenvalue weighted by Crippen LogP contribution is -2.06. The Morgan fingerprint density at radius 3 is 2.50 bits per heavy atom. The van der Waals surface area contributed by atoms with Crippen LogP contribution in [0.15, 0.2) is 24.3 Å². The van der Waals surface area contributed by atoms with Crippen LogP contribution in [0.1, 0.15) is 10.4 Å². The smallest absolute Gasteiger partial charge is 0.369 e. The van der Waals surface area contributed by atoms with Gasteiger partial charge in [-0.2, -0.15) is 0 Å². The summed E-state index contributed by atoms with van der Waals surface area (Å²) in [6.07, 6.45) is 0. The van der Waals surface area contributed by atoms with E-state index < -0.39 is 11.3 Å². The van der Waals surface area contributed by atoms with Crippen molar-refractivity contribution in [1.29, 1.82) is 0 Å². The Labute approximate surface area is 86.2 Å². The average Bonchev–Trinajstić information content (AvgIpc) is 2.16. The quantitative estimate of drug-likeness (QED) is 0.601. The first-order valence-corrected chi connectivity index (χ1v) is 4.18. The first-order chi connectivity index (χ1) is 6.65. The SMILES string of the molecule is COC(=O)c1ccccc1OC(=O)S. The Bertz CT molecular complexity index is 362. The predicted molar refractivity (Wildman–Crippen MR) is 52.8 cm³/mol. The van der Waals surface area contributed by atoms with E-state index in [9.17, 15) is 9.59 Å². The highest BCUT2D eigenvalue weighted by Gasteiger charge is 2.13. The molecule has 0 amide bonds. The molecule has 0 aliphatic rings. The zero-order valence-electron chi connectivity index (χ0n) is 7.39. The molecule has 0 radical (unpaired) electrons. The number of rotatable bonds is 2. The molecule has 0 aliphatic heterocycles. The van der Waals surface area contributed by atoms with Crippen molar-refractivity contribution in [2.45, 2.75) is 0 Å². The van der Waals surface area contributed by atoms with E-state index in [1.165, 1.54) is 19.2 Å². The van der Waals surface area contributed by atoms with Crippen LogP contribution < -0.4 is 4.74 Å². The van der Waals surface area contributed by atoms with Gasteiger partial charge in [0.1, 0.15) is 11.3 Å². The number of hydrogen-bond acceptors (Lipinski definition) is 4. The molecule has 0 unspecified atom stereocenters. The molecule has 0 spiro atoms. The van der Waals surface area contributed by atoms with Crippen molar-refractivity contribution < 1.29 is 19.1 Å². The van der Waals surface area contributed by atoms with E-state index in [0.29, 0.717) is 0 Å². The van der Waals surface area contributed by atoms with E-state index in [1.807, 2.05) is 0 Å². The van der Waals surface area contributed by atoms with Crippen LogP contribution in [0.3, 0.4) is 0 Å². The molecule has 0 atom stereocenters. The molecule has 0 bridgehead atoms. The number of para-hydroxylation sites is 1. The summed E-state index contributed by atoms with van der Waals surface area (Å²) in [5, 5.41) is -0.777. The van der Waals surface area contributed by atoms with E-state index in [2.05, 4.69) is 17.4 Å². The first-order valence-electron chi connectivity index (χ1n) is 3.73. The summed E-state index contributed by atoms with van der Waals surface area (Å²) in [6, 6.07) is 6.26. The fourth-order valence-corrected chi connectivity index (χ4v) is 1.03. The van der Waals surface area contributed by atoms with Crippen molar-refractivity contribution in [3.8, 4) is 5.75 Å². The van der Waals surface area contributed by atoms with Crippen LogP contribution >= 0.6 is 12.6 Å². The predicted octanol–water partition coefficient (Wildman–Crippen LogP) is 1.90. The molecule has 0 saturated carbocycles. The summed E-state index contributed by atoms with van der Waals surface area (Å²) < 4.78 is 9.20. The number of benzene rings is 1. The van der Waals surface area contributed by atoms with Gasteiger partial charge < -0.3 is 9.47 Å². The Kier molecular flexibility index (Phi) is 3.53. The van der Waals surface area contributed by atoms with Gasteiger partial charge in [-0.05, 0) is 12.1 Å². The average molecular weight is 212 g/mol. The Morgan fingerprint density at radius 2 is 1.93 bits per heavy atom.